The van der Waals surface area contributed by atoms with E-state index in [-0.39, 0.29) is 23.0 Å². The van der Waals surface area contributed by atoms with Crippen molar-refractivity contribution in [3.63, 3.8) is 0 Å². The zero-order valence-electron chi connectivity index (χ0n) is 15.7. The van der Waals surface area contributed by atoms with Crippen LogP contribution in [0.15, 0.2) is 11.6 Å². The molecule has 4 rings (SSSR count). The van der Waals surface area contributed by atoms with E-state index in [0.717, 1.165) is 19.3 Å². The van der Waals surface area contributed by atoms with Gasteiger partial charge in [-0.1, -0.05) is 19.4 Å². The van der Waals surface area contributed by atoms with Crippen molar-refractivity contribution in [1.82, 2.24) is 0 Å². The number of rotatable bonds is 2. The summed E-state index contributed by atoms with van der Waals surface area (Å²) in [5.41, 5.74) is -1.39. The fourth-order valence-corrected chi connectivity index (χ4v) is 7.15. The third kappa shape index (κ3) is 2.08. The maximum absolute atomic E-state index is 12.4. The average Bonchev–Trinajstić information content (AvgIpc) is 2.90. The van der Waals surface area contributed by atoms with E-state index < -0.39 is 29.5 Å². The monoisotopic (exact) mass is 362 g/mol. The molecule has 26 heavy (non-hydrogen) atoms. The minimum atomic E-state index is -1.64. The number of aliphatic hydroxyl groups excluding tert-OH is 2. The number of ketones is 2. The highest BCUT2D eigenvalue weighted by Gasteiger charge is 2.69. The molecule has 0 saturated heterocycles. The Labute approximate surface area is 154 Å². The van der Waals surface area contributed by atoms with Crippen molar-refractivity contribution in [3.05, 3.63) is 11.6 Å². The standard InChI is InChI=1S/C21H30O5/c1-19-7-5-13(23)9-12(19)3-4-14-15-6-8-21(26,18(25)11-22)20(15,2)17(24)10-16(14)19/h9,14-17,22,24,26H,3-8,10-11H2,1-2H3/t14-,15-,16-,17?,19-,20+,21-/m0/s1. The highest BCUT2D eigenvalue weighted by Crippen LogP contribution is 2.67. The van der Waals surface area contributed by atoms with Crippen LogP contribution in [0.25, 0.3) is 0 Å². The molecule has 5 heteroatoms. The molecule has 7 atom stereocenters. The van der Waals surface area contributed by atoms with Crippen molar-refractivity contribution >= 4 is 11.6 Å². The molecule has 0 radical (unpaired) electrons. The molecule has 0 heterocycles. The van der Waals surface area contributed by atoms with Crippen LogP contribution in [0.5, 0.6) is 0 Å². The second-order valence-corrected chi connectivity index (χ2v) is 9.48. The predicted octanol–water partition coefficient (Wildman–Crippen LogP) is 1.78. The van der Waals surface area contributed by atoms with E-state index in [1.54, 1.807) is 0 Å². The highest BCUT2D eigenvalue weighted by molar-refractivity contribution is 5.91. The van der Waals surface area contributed by atoms with Crippen LogP contribution in [0.3, 0.4) is 0 Å². The van der Waals surface area contributed by atoms with E-state index in [2.05, 4.69) is 6.92 Å². The summed E-state index contributed by atoms with van der Waals surface area (Å²) < 4.78 is 0. The first-order valence-corrected chi connectivity index (χ1v) is 9.97. The summed E-state index contributed by atoms with van der Waals surface area (Å²) in [7, 11) is 0. The lowest BCUT2D eigenvalue weighted by Crippen LogP contribution is -2.63. The second-order valence-electron chi connectivity index (χ2n) is 9.48. The maximum atomic E-state index is 12.4. The van der Waals surface area contributed by atoms with Crippen LogP contribution in [0.2, 0.25) is 0 Å². The minimum Gasteiger partial charge on any atom is -0.392 e. The number of hydrogen-bond donors (Lipinski definition) is 3. The van der Waals surface area contributed by atoms with Crippen molar-refractivity contribution in [3.8, 4) is 0 Å². The molecule has 5 nitrogen and oxygen atoms in total. The first-order valence-electron chi connectivity index (χ1n) is 9.97. The normalized spacial score (nSPS) is 50.5. The van der Waals surface area contributed by atoms with Gasteiger partial charge in [0, 0.05) is 11.8 Å². The van der Waals surface area contributed by atoms with Gasteiger partial charge in [-0.25, -0.2) is 0 Å². The Morgan fingerprint density at radius 3 is 2.62 bits per heavy atom. The Hall–Kier alpha value is -1.04. The van der Waals surface area contributed by atoms with E-state index in [1.807, 2.05) is 13.0 Å². The molecule has 4 aliphatic carbocycles. The van der Waals surface area contributed by atoms with Crippen molar-refractivity contribution in [2.24, 2.45) is 28.6 Å². The molecule has 0 aromatic carbocycles. The number of hydrogen-bond acceptors (Lipinski definition) is 5. The van der Waals surface area contributed by atoms with E-state index in [0.29, 0.717) is 31.6 Å². The van der Waals surface area contributed by atoms with Gasteiger partial charge in [0.15, 0.2) is 11.6 Å². The molecule has 0 aromatic heterocycles. The molecule has 3 fully saturated rings. The van der Waals surface area contributed by atoms with E-state index >= 15 is 0 Å². The molecular weight excluding hydrogens is 332 g/mol. The second kappa shape index (κ2) is 5.73. The van der Waals surface area contributed by atoms with Gasteiger partial charge in [-0.3, -0.25) is 9.59 Å². The Kier molecular flexibility index (Phi) is 4.04. The fraction of sp³-hybridized carbons (Fsp3) is 0.810. The van der Waals surface area contributed by atoms with Crippen molar-refractivity contribution < 1.29 is 24.9 Å². The van der Waals surface area contributed by atoms with E-state index in [9.17, 15) is 24.9 Å². The Balaban J connectivity index is 1.73. The number of carbonyl (C=O) groups is 2. The number of fused-ring (bicyclic) bond motifs is 5. The highest BCUT2D eigenvalue weighted by atomic mass is 16.3. The van der Waals surface area contributed by atoms with Gasteiger partial charge in [0.05, 0.1) is 6.10 Å². The van der Waals surface area contributed by atoms with Crippen LogP contribution >= 0.6 is 0 Å². The van der Waals surface area contributed by atoms with Crippen LogP contribution < -0.4 is 0 Å². The van der Waals surface area contributed by atoms with Crippen LogP contribution in [-0.4, -0.2) is 45.2 Å². The summed E-state index contributed by atoms with van der Waals surface area (Å²) in [6, 6.07) is 0. The molecule has 0 bridgehead atoms. The van der Waals surface area contributed by atoms with Gasteiger partial charge in [-0.15, -0.1) is 0 Å². The Bertz CT molecular complexity index is 684. The molecule has 0 aromatic rings. The topological polar surface area (TPSA) is 94.8 Å². The summed E-state index contributed by atoms with van der Waals surface area (Å²) in [4.78, 5) is 24.3. The summed E-state index contributed by atoms with van der Waals surface area (Å²) in [5.74, 6) is 0.314. The third-order valence-electron chi connectivity index (χ3n) is 8.81. The number of carbonyl (C=O) groups excluding carboxylic acids is 2. The number of aliphatic hydroxyl groups is 3. The molecule has 0 spiro atoms. The summed E-state index contributed by atoms with van der Waals surface area (Å²) >= 11 is 0. The quantitative estimate of drug-likeness (QED) is 0.696. The zero-order valence-corrected chi connectivity index (χ0v) is 15.7. The van der Waals surface area contributed by atoms with Gasteiger partial charge in [0.2, 0.25) is 0 Å². The SMILES string of the molecule is C[C@]12CCC(=O)C=C1CC[C@@H]1[C@@H]2CC(O)[C@@]2(C)[C@H]1CC[C@]2(O)C(=O)CO. The molecule has 0 amide bonds. The van der Waals surface area contributed by atoms with E-state index in [1.165, 1.54) is 5.57 Å². The molecular formula is C21H30O5. The lowest BCUT2D eigenvalue weighted by atomic mass is 9.45. The van der Waals surface area contributed by atoms with Crippen LogP contribution in [0, 0.1) is 28.6 Å². The van der Waals surface area contributed by atoms with Gasteiger partial charge >= 0.3 is 0 Å². The number of allylic oxidation sites excluding steroid dienone is 1. The molecule has 144 valence electrons. The molecule has 3 saturated carbocycles. The van der Waals surface area contributed by atoms with Crippen LogP contribution in [0.4, 0.5) is 0 Å². The van der Waals surface area contributed by atoms with Gasteiger partial charge < -0.3 is 15.3 Å². The molecule has 0 aliphatic heterocycles. The van der Waals surface area contributed by atoms with Crippen molar-refractivity contribution in [2.45, 2.75) is 70.5 Å². The van der Waals surface area contributed by atoms with Crippen LogP contribution in [-0.2, 0) is 9.59 Å². The van der Waals surface area contributed by atoms with Gasteiger partial charge in [-0.05, 0) is 67.8 Å². The Morgan fingerprint density at radius 2 is 1.92 bits per heavy atom. The lowest BCUT2D eigenvalue weighted by Gasteiger charge is -2.60. The summed E-state index contributed by atoms with van der Waals surface area (Å²) in [6.07, 6.45) is 5.82. The number of Topliss-reactive ketones (excluding diaryl/α,β-unsaturated/α-hetero) is 1. The maximum Gasteiger partial charge on any atom is 0.190 e. The van der Waals surface area contributed by atoms with Crippen molar-refractivity contribution in [2.75, 3.05) is 6.61 Å². The summed E-state index contributed by atoms with van der Waals surface area (Å²) in [5, 5.41) is 31.7. The Morgan fingerprint density at radius 1 is 1.19 bits per heavy atom. The van der Waals surface area contributed by atoms with Gasteiger partial charge in [0.25, 0.3) is 0 Å². The molecule has 3 N–H and O–H groups in total. The van der Waals surface area contributed by atoms with Crippen LogP contribution in [0.1, 0.15) is 58.8 Å². The fourth-order valence-electron chi connectivity index (χ4n) is 7.15. The van der Waals surface area contributed by atoms with E-state index in [4.69, 9.17) is 0 Å². The molecule has 4 aliphatic rings. The van der Waals surface area contributed by atoms with Crippen molar-refractivity contribution in [1.29, 1.82) is 0 Å². The third-order valence-corrected chi connectivity index (χ3v) is 8.81. The lowest BCUT2D eigenvalue weighted by molar-refractivity contribution is -0.195. The van der Waals surface area contributed by atoms with Gasteiger partial charge in [0.1, 0.15) is 12.2 Å². The predicted molar refractivity (Wildman–Crippen MR) is 95.1 cm³/mol. The molecule has 1 unspecified atom stereocenters. The smallest absolute Gasteiger partial charge is 0.190 e. The minimum absolute atomic E-state index is 0.0627. The largest absolute Gasteiger partial charge is 0.392 e. The first-order chi connectivity index (χ1) is 12.2. The first kappa shape index (κ1) is 18.3. The van der Waals surface area contributed by atoms with Gasteiger partial charge in [-0.2, -0.15) is 0 Å². The zero-order chi connectivity index (χ0) is 18.9. The average molecular weight is 362 g/mol. The summed E-state index contributed by atoms with van der Waals surface area (Å²) in [6.45, 7) is 3.39.